The fourth-order valence-electron chi connectivity index (χ4n) is 1.91. The van der Waals surface area contributed by atoms with Crippen LogP contribution < -0.4 is 4.74 Å². The van der Waals surface area contributed by atoms with E-state index in [1.165, 1.54) is 10.6 Å². The van der Waals surface area contributed by atoms with Gasteiger partial charge in [0.2, 0.25) is 10.0 Å². The van der Waals surface area contributed by atoms with Crippen molar-refractivity contribution in [2.45, 2.75) is 18.9 Å². The van der Waals surface area contributed by atoms with Gasteiger partial charge in [-0.1, -0.05) is 0 Å². The molecule has 1 atom stereocenters. The van der Waals surface area contributed by atoms with Crippen LogP contribution in [-0.2, 0) is 10.0 Å². The average Bonchev–Trinajstić information content (AvgIpc) is 2.29. The van der Waals surface area contributed by atoms with Gasteiger partial charge in [0.1, 0.15) is 11.9 Å². The first kappa shape index (κ1) is 12.3. The summed E-state index contributed by atoms with van der Waals surface area (Å²) in [5.41, 5.74) is 0. The number of rotatable bonds is 3. The van der Waals surface area contributed by atoms with Crippen molar-refractivity contribution in [3.63, 3.8) is 0 Å². The van der Waals surface area contributed by atoms with Crippen LogP contribution in [0.2, 0.25) is 0 Å². The number of pyridine rings is 1. The molecule has 0 spiro atoms. The van der Waals surface area contributed by atoms with E-state index in [4.69, 9.17) is 4.74 Å². The molecule has 0 radical (unpaired) electrons. The van der Waals surface area contributed by atoms with Crippen LogP contribution in [0.4, 0.5) is 0 Å². The summed E-state index contributed by atoms with van der Waals surface area (Å²) in [6.45, 7) is 1.02. The zero-order valence-electron chi connectivity index (χ0n) is 9.74. The van der Waals surface area contributed by atoms with Gasteiger partial charge in [0.25, 0.3) is 0 Å². The van der Waals surface area contributed by atoms with Crippen molar-refractivity contribution in [3.05, 3.63) is 24.5 Å². The molecule has 0 unspecified atom stereocenters. The molecular formula is C11H16N2O3S. The molecule has 1 aromatic heterocycles. The second-order valence-corrected chi connectivity index (χ2v) is 6.17. The molecule has 1 aliphatic heterocycles. The van der Waals surface area contributed by atoms with Crippen LogP contribution in [0.15, 0.2) is 24.5 Å². The van der Waals surface area contributed by atoms with E-state index in [9.17, 15) is 8.42 Å². The minimum atomic E-state index is -3.11. The third kappa shape index (κ3) is 3.41. The van der Waals surface area contributed by atoms with E-state index < -0.39 is 10.0 Å². The summed E-state index contributed by atoms with van der Waals surface area (Å²) in [5.74, 6) is 0.736. The van der Waals surface area contributed by atoms with Gasteiger partial charge >= 0.3 is 0 Å². The molecular weight excluding hydrogens is 240 g/mol. The van der Waals surface area contributed by atoms with Gasteiger partial charge in [-0.25, -0.2) is 8.42 Å². The molecule has 0 N–H and O–H groups in total. The molecule has 5 nitrogen and oxygen atoms in total. The highest BCUT2D eigenvalue weighted by Gasteiger charge is 2.26. The van der Waals surface area contributed by atoms with Gasteiger partial charge in [0, 0.05) is 18.9 Å². The smallest absolute Gasteiger partial charge is 0.211 e. The van der Waals surface area contributed by atoms with Crippen molar-refractivity contribution in [2.75, 3.05) is 19.3 Å². The Morgan fingerprint density at radius 1 is 1.41 bits per heavy atom. The fourth-order valence-corrected chi connectivity index (χ4v) is 2.81. The largest absolute Gasteiger partial charge is 0.489 e. The first-order chi connectivity index (χ1) is 8.05. The van der Waals surface area contributed by atoms with Crippen LogP contribution in [0.1, 0.15) is 12.8 Å². The van der Waals surface area contributed by atoms with Crippen molar-refractivity contribution in [1.82, 2.24) is 9.29 Å². The third-order valence-corrected chi connectivity index (χ3v) is 4.03. The van der Waals surface area contributed by atoms with Gasteiger partial charge < -0.3 is 4.74 Å². The van der Waals surface area contributed by atoms with E-state index in [1.54, 1.807) is 24.5 Å². The summed E-state index contributed by atoms with van der Waals surface area (Å²) in [7, 11) is -3.11. The molecule has 0 saturated carbocycles. The van der Waals surface area contributed by atoms with Crippen LogP contribution >= 0.6 is 0 Å². The van der Waals surface area contributed by atoms with Gasteiger partial charge in [-0.3, -0.25) is 4.98 Å². The summed E-state index contributed by atoms with van der Waals surface area (Å²) in [6.07, 6.45) is 6.21. The zero-order valence-corrected chi connectivity index (χ0v) is 10.6. The molecule has 0 amide bonds. The molecule has 1 aliphatic rings. The fraction of sp³-hybridized carbons (Fsp3) is 0.545. The molecule has 0 bridgehead atoms. The minimum absolute atomic E-state index is 0.0686. The Labute approximate surface area is 101 Å². The Balaban J connectivity index is 1.99. The second-order valence-electron chi connectivity index (χ2n) is 4.19. The minimum Gasteiger partial charge on any atom is -0.489 e. The van der Waals surface area contributed by atoms with Gasteiger partial charge in [0.05, 0.1) is 12.8 Å². The van der Waals surface area contributed by atoms with Crippen molar-refractivity contribution >= 4 is 10.0 Å². The Kier molecular flexibility index (Phi) is 3.63. The lowest BCUT2D eigenvalue weighted by Crippen LogP contribution is -2.43. The van der Waals surface area contributed by atoms with Gasteiger partial charge in [-0.05, 0) is 25.0 Å². The molecule has 94 valence electrons. The molecule has 17 heavy (non-hydrogen) atoms. The van der Waals surface area contributed by atoms with Crippen LogP contribution in [0.5, 0.6) is 5.75 Å². The molecule has 2 rings (SSSR count). The van der Waals surface area contributed by atoms with Crippen LogP contribution in [0.3, 0.4) is 0 Å². The Bertz CT molecular complexity index is 461. The van der Waals surface area contributed by atoms with Gasteiger partial charge in [0.15, 0.2) is 0 Å². The quantitative estimate of drug-likeness (QED) is 0.805. The van der Waals surface area contributed by atoms with Crippen molar-refractivity contribution < 1.29 is 13.2 Å². The van der Waals surface area contributed by atoms with Crippen LogP contribution in [0, 0.1) is 0 Å². The predicted molar refractivity (Wildman–Crippen MR) is 64.3 cm³/mol. The Morgan fingerprint density at radius 3 is 2.76 bits per heavy atom. The normalized spacial score (nSPS) is 22.3. The average molecular weight is 256 g/mol. The number of hydrogen-bond donors (Lipinski definition) is 0. The summed E-state index contributed by atoms with van der Waals surface area (Å²) >= 11 is 0. The summed E-state index contributed by atoms with van der Waals surface area (Å²) in [6, 6.07) is 3.55. The maximum absolute atomic E-state index is 11.4. The second kappa shape index (κ2) is 5.01. The highest BCUT2D eigenvalue weighted by molar-refractivity contribution is 7.88. The number of nitrogens with zero attached hydrogens (tertiary/aromatic N) is 2. The van der Waals surface area contributed by atoms with E-state index >= 15 is 0 Å². The number of hydrogen-bond acceptors (Lipinski definition) is 4. The monoisotopic (exact) mass is 256 g/mol. The van der Waals surface area contributed by atoms with Crippen LogP contribution in [0.25, 0.3) is 0 Å². The topological polar surface area (TPSA) is 59.5 Å². The molecule has 1 fully saturated rings. The molecule has 2 heterocycles. The first-order valence-corrected chi connectivity index (χ1v) is 7.42. The standard InChI is InChI=1S/C11H16N2O3S/c1-17(14,15)13-8-2-3-11(9-13)16-10-4-6-12-7-5-10/h4-7,11H,2-3,8-9H2,1H3/t11-/m1/s1. The van der Waals surface area contributed by atoms with Gasteiger partial charge in [-0.15, -0.1) is 0 Å². The Hall–Kier alpha value is -1.14. The summed E-state index contributed by atoms with van der Waals surface area (Å²) in [5, 5.41) is 0. The number of piperidine rings is 1. The van der Waals surface area contributed by atoms with E-state index in [-0.39, 0.29) is 6.10 Å². The van der Waals surface area contributed by atoms with Crippen LogP contribution in [-0.4, -0.2) is 43.2 Å². The lowest BCUT2D eigenvalue weighted by Gasteiger charge is -2.31. The summed E-state index contributed by atoms with van der Waals surface area (Å²) in [4.78, 5) is 3.91. The lowest BCUT2D eigenvalue weighted by molar-refractivity contribution is 0.130. The van der Waals surface area contributed by atoms with Gasteiger partial charge in [-0.2, -0.15) is 4.31 Å². The van der Waals surface area contributed by atoms with Crippen molar-refractivity contribution in [3.8, 4) is 5.75 Å². The third-order valence-electron chi connectivity index (χ3n) is 2.76. The van der Waals surface area contributed by atoms with E-state index in [2.05, 4.69) is 4.98 Å². The maximum Gasteiger partial charge on any atom is 0.211 e. The number of ether oxygens (including phenoxy) is 1. The highest BCUT2D eigenvalue weighted by atomic mass is 32.2. The maximum atomic E-state index is 11.4. The van der Waals surface area contributed by atoms with E-state index in [0.29, 0.717) is 13.1 Å². The SMILES string of the molecule is CS(=O)(=O)N1CCC[C@@H](Oc2ccncc2)C1. The lowest BCUT2D eigenvalue weighted by atomic mass is 10.1. The van der Waals surface area contributed by atoms with Crippen molar-refractivity contribution in [1.29, 1.82) is 0 Å². The number of sulfonamides is 1. The molecule has 1 aromatic rings. The Morgan fingerprint density at radius 2 is 2.12 bits per heavy atom. The highest BCUT2D eigenvalue weighted by Crippen LogP contribution is 2.18. The summed E-state index contributed by atoms with van der Waals surface area (Å²) < 4.78 is 30.1. The zero-order chi connectivity index (χ0) is 12.3. The predicted octanol–water partition coefficient (Wildman–Crippen LogP) is 0.884. The van der Waals surface area contributed by atoms with E-state index in [1.807, 2.05) is 0 Å². The molecule has 6 heteroatoms. The number of aromatic nitrogens is 1. The molecule has 0 aliphatic carbocycles. The molecule has 1 saturated heterocycles. The van der Waals surface area contributed by atoms with Crippen molar-refractivity contribution in [2.24, 2.45) is 0 Å². The van der Waals surface area contributed by atoms with E-state index in [0.717, 1.165) is 18.6 Å². The molecule has 0 aromatic carbocycles. The first-order valence-electron chi connectivity index (χ1n) is 5.57.